The molecule has 2 aromatic rings. The normalized spacial score (nSPS) is 16.0. The number of benzene rings is 1. The van der Waals surface area contributed by atoms with Crippen LogP contribution in [-0.4, -0.2) is 41.7 Å². The molecule has 1 aliphatic carbocycles. The van der Waals surface area contributed by atoms with Crippen molar-refractivity contribution in [3.8, 4) is 17.1 Å². The summed E-state index contributed by atoms with van der Waals surface area (Å²) in [6.07, 6.45) is 8.68. The minimum absolute atomic E-state index is 0. The number of carbonyl (C=O) groups excluding carboxylic acids is 2. The van der Waals surface area contributed by atoms with E-state index in [2.05, 4.69) is 31.0 Å². The fraction of sp³-hybridized carbons (Fsp3) is 0.333. The highest BCUT2D eigenvalue weighted by atomic mass is 35.5. The number of aromatic nitrogens is 2. The summed E-state index contributed by atoms with van der Waals surface area (Å²) in [4.78, 5) is 28.3. The summed E-state index contributed by atoms with van der Waals surface area (Å²) in [7, 11) is 0. The van der Waals surface area contributed by atoms with Gasteiger partial charge in [-0.15, -0.1) is 22.6 Å². The molecule has 1 aromatic heterocycles. The molecule has 2 amide bonds. The molecule has 2 heterocycles. The van der Waals surface area contributed by atoms with Crippen LogP contribution in [-0.2, 0) is 16.0 Å². The van der Waals surface area contributed by atoms with Gasteiger partial charge in [0.25, 0.3) is 5.91 Å². The van der Waals surface area contributed by atoms with Crippen LogP contribution in [0.5, 0.6) is 5.75 Å². The molecule has 0 bridgehead atoms. The minimum Gasteiger partial charge on any atom is -0.494 e. The van der Waals surface area contributed by atoms with Gasteiger partial charge >= 0.3 is 0 Å². The molecule has 184 valence electrons. The third kappa shape index (κ3) is 6.86. The highest BCUT2D eigenvalue weighted by Gasteiger charge is 2.26. The number of nitrogens with one attached hydrogen (secondary N) is 2. The molecule has 1 aliphatic heterocycles. The van der Waals surface area contributed by atoms with E-state index in [1.807, 2.05) is 55.5 Å². The molecule has 1 unspecified atom stereocenters. The molecule has 35 heavy (non-hydrogen) atoms. The molecular weight excluding hydrogens is 472 g/mol. The van der Waals surface area contributed by atoms with Gasteiger partial charge in [-0.3, -0.25) is 9.59 Å². The molecule has 0 saturated carbocycles. The van der Waals surface area contributed by atoms with Crippen LogP contribution in [0.4, 0.5) is 0 Å². The maximum atomic E-state index is 12.1. The average Bonchev–Trinajstić information content (AvgIpc) is 3.34. The second-order valence-corrected chi connectivity index (χ2v) is 7.66. The summed E-state index contributed by atoms with van der Waals surface area (Å²) < 4.78 is 10.7. The second kappa shape index (κ2) is 12.6. The van der Waals surface area contributed by atoms with Crippen LogP contribution >= 0.6 is 12.4 Å². The Labute approximate surface area is 209 Å². The molecule has 2 N–H and O–H groups in total. The fourth-order valence-electron chi connectivity index (χ4n) is 3.51. The minimum atomic E-state index is -0.371. The summed E-state index contributed by atoms with van der Waals surface area (Å²) in [5.41, 5.74) is 1.63. The van der Waals surface area contributed by atoms with Crippen molar-refractivity contribution in [2.24, 2.45) is 16.1 Å². The van der Waals surface area contributed by atoms with E-state index in [0.29, 0.717) is 50.1 Å². The van der Waals surface area contributed by atoms with Gasteiger partial charge in [0.05, 0.1) is 12.5 Å². The van der Waals surface area contributed by atoms with Gasteiger partial charge in [-0.2, -0.15) is 4.98 Å². The number of aryl methyl sites for hydroxylation is 1. The predicted octanol–water partition coefficient (Wildman–Crippen LogP) is 3.53. The van der Waals surface area contributed by atoms with Crippen LogP contribution in [0.15, 0.2) is 74.7 Å². The van der Waals surface area contributed by atoms with Crippen molar-refractivity contribution in [1.82, 2.24) is 20.8 Å². The Morgan fingerprint density at radius 3 is 2.77 bits per heavy atom. The van der Waals surface area contributed by atoms with E-state index in [1.54, 1.807) is 0 Å². The van der Waals surface area contributed by atoms with Gasteiger partial charge in [0.2, 0.25) is 17.6 Å². The molecule has 0 fully saturated rings. The lowest BCUT2D eigenvalue weighted by Gasteiger charge is -2.20. The lowest BCUT2D eigenvalue weighted by atomic mass is 9.93. The van der Waals surface area contributed by atoms with E-state index < -0.39 is 0 Å². The Bertz CT molecular complexity index is 1150. The first-order chi connectivity index (χ1) is 16.6. The Balaban J connectivity index is 0.00000342. The zero-order valence-electron chi connectivity index (χ0n) is 19.3. The van der Waals surface area contributed by atoms with Crippen LogP contribution in [0.25, 0.3) is 11.4 Å². The van der Waals surface area contributed by atoms with Gasteiger partial charge in [-0.05, 0) is 37.6 Å². The lowest BCUT2D eigenvalue weighted by molar-refractivity contribution is -0.121. The quantitative estimate of drug-likeness (QED) is 0.453. The molecule has 2 aliphatic rings. The highest BCUT2D eigenvalue weighted by molar-refractivity contribution is 5.86. The maximum Gasteiger partial charge on any atom is 0.276 e. The SMILES string of the molecule is CCOc1ccc(-c2noc(CCC(=O)NCCCNC3=C4C=CC=CC4C(=O)N=N3)n2)cc1.Cl. The topological polar surface area (TPSA) is 131 Å². The number of hydrogen-bond donors (Lipinski definition) is 2. The Morgan fingerprint density at radius 1 is 1.14 bits per heavy atom. The third-order valence-electron chi connectivity index (χ3n) is 5.24. The second-order valence-electron chi connectivity index (χ2n) is 7.66. The predicted molar refractivity (Wildman–Crippen MR) is 131 cm³/mol. The summed E-state index contributed by atoms with van der Waals surface area (Å²) in [6, 6.07) is 7.44. The van der Waals surface area contributed by atoms with Crippen molar-refractivity contribution >= 4 is 24.2 Å². The standard InChI is InChI=1S/C24H26N6O4.ClH/c1-2-33-17-10-8-16(9-11-17)22-27-21(34-30-22)13-12-20(31)25-14-5-15-26-23-18-6-3-4-7-19(18)24(32)29-28-23;/h3-4,6-11,19,26H,2,5,12-15H2,1H3,(H,25,31);1H. The molecule has 1 atom stereocenters. The number of hydrogen-bond acceptors (Lipinski definition) is 8. The van der Waals surface area contributed by atoms with E-state index in [-0.39, 0.29) is 36.6 Å². The summed E-state index contributed by atoms with van der Waals surface area (Å²) in [6.45, 7) is 3.63. The van der Waals surface area contributed by atoms with Gasteiger partial charge in [-0.25, -0.2) is 0 Å². The number of halogens is 1. The maximum absolute atomic E-state index is 12.1. The lowest BCUT2D eigenvalue weighted by Crippen LogP contribution is -2.28. The summed E-state index contributed by atoms with van der Waals surface area (Å²) in [5, 5.41) is 17.7. The van der Waals surface area contributed by atoms with Crippen molar-refractivity contribution < 1.29 is 18.8 Å². The Morgan fingerprint density at radius 2 is 1.97 bits per heavy atom. The number of azo groups is 1. The van der Waals surface area contributed by atoms with E-state index >= 15 is 0 Å². The van der Waals surface area contributed by atoms with Gasteiger partial charge in [0.15, 0.2) is 5.82 Å². The molecule has 0 saturated heterocycles. The summed E-state index contributed by atoms with van der Waals surface area (Å²) in [5.74, 6) is 1.54. The first-order valence-corrected chi connectivity index (χ1v) is 11.2. The molecule has 1 aromatic carbocycles. The van der Waals surface area contributed by atoms with Crippen molar-refractivity contribution in [3.05, 3.63) is 65.9 Å². The first-order valence-electron chi connectivity index (χ1n) is 11.2. The van der Waals surface area contributed by atoms with Crippen LogP contribution in [0.3, 0.4) is 0 Å². The van der Waals surface area contributed by atoms with Crippen molar-refractivity contribution in [2.75, 3.05) is 19.7 Å². The zero-order chi connectivity index (χ0) is 23.8. The third-order valence-corrected chi connectivity index (χ3v) is 5.24. The van der Waals surface area contributed by atoms with Crippen LogP contribution in [0.2, 0.25) is 0 Å². The molecule has 0 radical (unpaired) electrons. The van der Waals surface area contributed by atoms with Crippen molar-refractivity contribution in [2.45, 2.75) is 26.2 Å². The number of allylic oxidation sites excluding steroid dienone is 3. The average molecular weight is 499 g/mol. The fourth-order valence-corrected chi connectivity index (χ4v) is 3.51. The number of fused-ring (bicyclic) bond motifs is 1. The van der Waals surface area contributed by atoms with Crippen molar-refractivity contribution in [1.29, 1.82) is 0 Å². The number of carbonyl (C=O) groups is 2. The number of nitrogens with zero attached hydrogens (tertiary/aromatic N) is 4. The molecule has 4 rings (SSSR count). The van der Waals surface area contributed by atoms with E-state index in [4.69, 9.17) is 9.26 Å². The highest BCUT2D eigenvalue weighted by Crippen LogP contribution is 2.27. The largest absolute Gasteiger partial charge is 0.494 e. The molecule has 0 spiro atoms. The Hall–Kier alpha value is -3.79. The number of ether oxygens (including phenoxy) is 1. The zero-order valence-corrected chi connectivity index (χ0v) is 20.1. The van der Waals surface area contributed by atoms with Crippen LogP contribution in [0.1, 0.15) is 25.7 Å². The smallest absolute Gasteiger partial charge is 0.276 e. The molecule has 11 heteroatoms. The van der Waals surface area contributed by atoms with Gasteiger partial charge in [0.1, 0.15) is 5.75 Å². The van der Waals surface area contributed by atoms with E-state index in [0.717, 1.165) is 16.9 Å². The first kappa shape index (κ1) is 25.8. The van der Waals surface area contributed by atoms with Crippen LogP contribution < -0.4 is 15.4 Å². The number of amides is 2. The van der Waals surface area contributed by atoms with Crippen LogP contribution in [0, 0.1) is 5.92 Å². The van der Waals surface area contributed by atoms with Gasteiger partial charge < -0.3 is 19.9 Å². The van der Waals surface area contributed by atoms with Gasteiger partial charge in [-0.1, -0.05) is 29.5 Å². The van der Waals surface area contributed by atoms with E-state index in [9.17, 15) is 9.59 Å². The molecule has 10 nitrogen and oxygen atoms in total. The monoisotopic (exact) mass is 498 g/mol. The summed E-state index contributed by atoms with van der Waals surface area (Å²) >= 11 is 0. The Kier molecular flexibility index (Phi) is 9.31. The number of rotatable bonds is 11. The van der Waals surface area contributed by atoms with Gasteiger partial charge in [0, 0.05) is 37.1 Å². The van der Waals surface area contributed by atoms with Crippen molar-refractivity contribution in [3.63, 3.8) is 0 Å². The molecular formula is C24H27ClN6O4. The van der Waals surface area contributed by atoms with E-state index in [1.165, 1.54) is 0 Å².